The first-order chi connectivity index (χ1) is 13.1. The fraction of sp³-hybridized carbons (Fsp3) is 0.429. The highest BCUT2D eigenvalue weighted by Crippen LogP contribution is 2.34. The van der Waals surface area contributed by atoms with Crippen molar-refractivity contribution in [2.75, 3.05) is 25.0 Å². The number of aromatic nitrogens is 1. The van der Waals surface area contributed by atoms with E-state index in [1.165, 1.54) is 0 Å². The van der Waals surface area contributed by atoms with Crippen molar-refractivity contribution in [3.05, 3.63) is 53.9 Å². The standard InChI is InChI=1S/C21H26N4O2/c1-3-27-20-10-5-4-9-19(20)23-21(26)25-17-11-18(25)14-24(13-17)12-16-8-6-7-15(2)22-16/h4-10,17-18H,3,11-14H2,1-2H3,(H,23,26). The third-order valence-corrected chi connectivity index (χ3v) is 5.26. The van der Waals surface area contributed by atoms with Crippen LogP contribution >= 0.6 is 0 Å². The molecular formula is C21H26N4O2. The maximum absolute atomic E-state index is 12.8. The van der Waals surface area contributed by atoms with Gasteiger partial charge in [-0.2, -0.15) is 0 Å². The number of para-hydroxylation sites is 2. The first-order valence-electron chi connectivity index (χ1n) is 9.60. The molecule has 0 radical (unpaired) electrons. The van der Waals surface area contributed by atoms with Gasteiger partial charge in [0, 0.05) is 37.4 Å². The Morgan fingerprint density at radius 2 is 1.96 bits per heavy atom. The van der Waals surface area contributed by atoms with E-state index < -0.39 is 0 Å². The second-order valence-corrected chi connectivity index (χ2v) is 7.27. The number of piperidine rings is 1. The highest BCUT2D eigenvalue weighted by Gasteiger charge is 2.47. The third-order valence-electron chi connectivity index (χ3n) is 5.26. The van der Waals surface area contributed by atoms with Crippen LogP contribution in [0.1, 0.15) is 24.7 Å². The highest BCUT2D eigenvalue weighted by atomic mass is 16.5. The molecule has 2 unspecified atom stereocenters. The lowest BCUT2D eigenvalue weighted by atomic mass is 9.87. The van der Waals surface area contributed by atoms with Gasteiger partial charge in [-0.15, -0.1) is 0 Å². The lowest BCUT2D eigenvalue weighted by Gasteiger charge is -2.56. The number of aryl methyl sites for hydroxylation is 1. The van der Waals surface area contributed by atoms with Gasteiger partial charge in [-0.1, -0.05) is 18.2 Å². The van der Waals surface area contributed by atoms with Crippen molar-refractivity contribution in [3.8, 4) is 5.75 Å². The van der Waals surface area contributed by atoms with E-state index in [0.717, 1.165) is 43.1 Å². The molecule has 3 aliphatic rings. The summed E-state index contributed by atoms with van der Waals surface area (Å²) in [5.41, 5.74) is 2.87. The number of hydrogen-bond acceptors (Lipinski definition) is 4. The van der Waals surface area contributed by atoms with E-state index in [4.69, 9.17) is 4.74 Å². The van der Waals surface area contributed by atoms with Gasteiger partial charge in [0.15, 0.2) is 0 Å². The van der Waals surface area contributed by atoms with Crippen LogP contribution < -0.4 is 10.1 Å². The van der Waals surface area contributed by atoms with Crippen molar-refractivity contribution in [1.82, 2.24) is 14.8 Å². The van der Waals surface area contributed by atoms with E-state index in [1.54, 1.807) is 0 Å². The summed E-state index contributed by atoms with van der Waals surface area (Å²) in [7, 11) is 0. The van der Waals surface area contributed by atoms with Crippen LogP contribution in [-0.2, 0) is 6.54 Å². The molecule has 1 aromatic carbocycles. The Bertz CT molecular complexity index is 813. The molecule has 2 amide bonds. The number of pyridine rings is 1. The summed E-state index contributed by atoms with van der Waals surface area (Å²) in [4.78, 5) is 21.8. The first-order valence-corrected chi connectivity index (χ1v) is 9.60. The molecule has 0 saturated carbocycles. The molecule has 3 saturated heterocycles. The molecule has 1 aromatic heterocycles. The van der Waals surface area contributed by atoms with Crippen LogP contribution in [0.5, 0.6) is 5.75 Å². The number of fused-ring (bicyclic) bond motifs is 2. The fourth-order valence-electron chi connectivity index (χ4n) is 4.11. The molecule has 2 bridgehead atoms. The van der Waals surface area contributed by atoms with Crippen molar-refractivity contribution in [1.29, 1.82) is 0 Å². The van der Waals surface area contributed by atoms with Crippen molar-refractivity contribution in [2.24, 2.45) is 0 Å². The Hall–Kier alpha value is -2.60. The second-order valence-electron chi connectivity index (χ2n) is 7.27. The number of carbonyl (C=O) groups excluding carboxylic acids is 1. The molecule has 0 spiro atoms. The van der Waals surface area contributed by atoms with Crippen LogP contribution in [0.15, 0.2) is 42.5 Å². The zero-order chi connectivity index (χ0) is 18.8. The first kappa shape index (κ1) is 17.8. The maximum Gasteiger partial charge on any atom is 0.322 e. The number of amides is 2. The summed E-state index contributed by atoms with van der Waals surface area (Å²) in [5, 5.41) is 3.03. The summed E-state index contributed by atoms with van der Waals surface area (Å²) in [6.45, 7) is 7.17. The van der Waals surface area contributed by atoms with E-state index in [1.807, 2.05) is 49.1 Å². The van der Waals surface area contributed by atoms with E-state index in [0.29, 0.717) is 12.4 Å². The molecule has 2 aromatic rings. The number of piperazine rings is 1. The lowest BCUT2D eigenvalue weighted by molar-refractivity contribution is -0.0356. The number of nitrogens with zero attached hydrogens (tertiary/aromatic N) is 3. The summed E-state index contributed by atoms with van der Waals surface area (Å²) in [6, 6.07) is 14.2. The van der Waals surface area contributed by atoms with Gasteiger partial charge < -0.3 is 15.0 Å². The number of hydrogen-bond donors (Lipinski definition) is 1. The summed E-state index contributed by atoms with van der Waals surface area (Å²) >= 11 is 0. The molecule has 3 fully saturated rings. The largest absolute Gasteiger partial charge is 0.492 e. The molecule has 4 heterocycles. The summed E-state index contributed by atoms with van der Waals surface area (Å²) < 4.78 is 5.61. The molecule has 6 heteroatoms. The SMILES string of the molecule is CCOc1ccccc1NC(=O)N1C2CC1CN(Cc1cccc(C)n1)C2. The van der Waals surface area contributed by atoms with Crippen LogP contribution in [0.2, 0.25) is 0 Å². The number of rotatable bonds is 5. The zero-order valence-electron chi connectivity index (χ0n) is 15.9. The molecule has 2 atom stereocenters. The third kappa shape index (κ3) is 3.76. The molecule has 0 aliphatic carbocycles. The number of nitrogens with one attached hydrogen (secondary N) is 1. The average molecular weight is 366 g/mol. The topological polar surface area (TPSA) is 57.7 Å². The van der Waals surface area contributed by atoms with Gasteiger partial charge >= 0.3 is 6.03 Å². The lowest BCUT2D eigenvalue weighted by Crippen LogP contribution is -2.70. The summed E-state index contributed by atoms with van der Waals surface area (Å²) in [6.07, 6.45) is 1.08. The molecule has 5 rings (SSSR count). The van der Waals surface area contributed by atoms with Crippen molar-refractivity contribution in [2.45, 2.75) is 38.9 Å². The quantitative estimate of drug-likeness (QED) is 0.882. The van der Waals surface area contributed by atoms with E-state index in [9.17, 15) is 4.79 Å². The normalized spacial score (nSPS) is 21.5. The molecular weight excluding hydrogens is 340 g/mol. The molecule has 142 valence electrons. The number of benzene rings is 1. The van der Waals surface area contributed by atoms with Crippen LogP contribution in [0.25, 0.3) is 0 Å². The van der Waals surface area contributed by atoms with Gasteiger partial charge in [0.25, 0.3) is 0 Å². The van der Waals surface area contributed by atoms with Crippen LogP contribution in [0.4, 0.5) is 10.5 Å². The monoisotopic (exact) mass is 366 g/mol. The Balaban J connectivity index is 1.37. The molecule has 6 nitrogen and oxygen atoms in total. The Morgan fingerprint density at radius 3 is 2.70 bits per heavy atom. The smallest absolute Gasteiger partial charge is 0.322 e. The maximum atomic E-state index is 12.8. The van der Waals surface area contributed by atoms with Crippen molar-refractivity contribution < 1.29 is 9.53 Å². The predicted molar refractivity (Wildman–Crippen MR) is 105 cm³/mol. The van der Waals surface area contributed by atoms with E-state index >= 15 is 0 Å². The van der Waals surface area contributed by atoms with Gasteiger partial charge in [-0.05, 0) is 44.5 Å². The average Bonchev–Trinajstić information content (AvgIpc) is 2.63. The van der Waals surface area contributed by atoms with Crippen LogP contribution in [-0.4, -0.2) is 52.6 Å². The van der Waals surface area contributed by atoms with Crippen molar-refractivity contribution in [3.63, 3.8) is 0 Å². The number of anilines is 1. The Morgan fingerprint density at radius 1 is 1.19 bits per heavy atom. The Kier molecular flexibility index (Phi) is 4.99. The number of carbonyl (C=O) groups is 1. The van der Waals surface area contributed by atoms with Crippen LogP contribution in [0.3, 0.4) is 0 Å². The van der Waals surface area contributed by atoms with Gasteiger partial charge in [0.1, 0.15) is 5.75 Å². The summed E-state index contributed by atoms with van der Waals surface area (Å²) in [5.74, 6) is 0.714. The van der Waals surface area contributed by atoms with Gasteiger partial charge in [0.05, 0.1) is 18.0 Å². The minimum Gasteiger partial charge on any atom is -0.492 e. The Labute approximate surface area is 160 Å². The van der Waals surface area contributed by atoms with Gasteiger partial charge in [-0.25, -0.2) is 4.79 Å². The van der Waals surface area contributed by atoms with Gasteiger partial charge in [-0.3, -0.25) is 9.88 Å². The predicted octanol–water partition coefficient (Wildman–Crippen LogP) is 3.28. The van der Waals surface area contributed by atoms with Crippen molar-refractivity contribution >= 4 is 11.7 Å². The minimum atomic E-state index is -0.0308. The molecule has 1 N–H and O–H groups in total. The number of ether oxygens (including phenoxy) is 1. The number of urea groups is 1. The molecule has 3 aliphatic heterocycles. The fourth-order valence-corrected chi connectivity index (χ4v) is 4.11. The van der Waals surface area contributed by atoms with Crippen LogP contribution in [0, 0.1) is 6.92 Å². The zero-order valence-corrected chi connectivity index (χ0v) is 15.9. The van der Waals surface area contributed by atoms with Gasteiger partial charge in [0.2, 0.25) is 0 Å². The van der Waals surface area contributed by atoms with E-state index in [2.05, 4.69) is 27.3 Å². The molecule has 27 heavy (non-hydrogen) atoms. The second kappa shape index (κ2) is 7.56. The van der Waals surface area contributed by atoms with E-state index in [-0.39, 0.29) is 18.1 Å². The highest BCUT2D eigenvalue weighted by molar-refractivity contribution is 5.92. The minimum absolute atomic E-state index is 0.0308.